The number of hydrogen-bond donors (Lipinski definition) is 1. The first-order valence-corrected chi connectivity index (χ1v) is 7.17. The fraction of sp³-hybridized carbons (Fsp3) is 0.583. The van der Waals surface area contributed by atoms with Gasteiger partial charge >= 0.3 is 0 Å². The third-order valence-electron chi connectivity index (χ3n) is 2.61. The van der Waals surface area contributed by atoms with Crippen LogP contribution in [0.1, 0.15) is 39.3 Å². The van der Waals surface area contributed by atoms with Crippen LogP contribution in [0.4, 0.5) is 0 Å². The Bertz CT molecular complexity index is 489. The van der Waals surface area contributed by atoms with Gasteiger partial charge in [-0.05, 0) is 33.3 Å². The molecule has 1 rings (SSSR count). The Labute approximate surface area is 109 Å². The van der Waals surface area contributed by atoms with E-state index < -0.39 is 14.8 Å². The molecule has 0 saturated heterocycles. The highest BCUT2D eigenvalue weighted by molar-refractivity contribution is 7.90. The van der Waals surface area contributed by atoms with E-state index in [1.54, 1.807) is 46.0 Å². The summed E-state index contributed by atoms with van der Waals surface area (Å²) < 4.78 is 30.8. The van der Waals surface area contributed by atoms with Gasteiger partial charge in [0.05, 0.1) is 11.9 Å². The molecule has 1 heterocycles. The van der Waals surface area contributed by atoms with Crippen molar-refractivity contribution in [3.63, 3.8) is 0 Å². The number of nitrogens with one attached hydrogen (secondary N) is 1. The average molecular weight is 272 g/mol. The number of rotatable bonds is 4. The topological polar surface area (TPSA) is 68.3 Å². The lowest BCUT2D eigenvalue weighted by Gasteiger charge is -2.23. The molecule has 0 amide bonds. The standard InChI is InChI=1S/C12H20N2O3S/c1-9(14-18(15,16)12(2,3)4)10-6-7-11(17-5)13-8-10/h6-9,14H,1-5H3. The van der Waals surface area contributed by atoms with Crippen molar-refractivity contribution >= 4 is 10.0 Å². The number of aromatic nitrogens is 1. The highest BCUT2D eigenvalue weighted by Crippen LogP contribution is 2.20. The molecule has 1 unspecified atom stereocenters. The van der Waals surface area contributed by atoms with E-state index in [2.05, 4.69) is 9.71 Å². The normalized spacial score (nSPS) is 14.3. The fourth-order valence-corrected chi connectivity index (χ4v) is 2.20. The van der Waals surface area contributed by atoms with Gasteiger partial charge in [-0.1, -0.05) is 6.07 Å². The molecule has 5 nitrogen and oxygen atoms in total. The Balaban J connectivity index is 2.86. The van der Waals surface area contributed by atoms with E-state index in [1.807, 2.05) is 0 Å². The minimum atomic E-state index is -3.37. The van der Waals surface area contributed by atoms with Crippen LogP contribution in [0.2, 0.25) is 0 Å². The Morgan fingerprint density at radius 1 is 1.33 bits per heavy atom. The molecule has 1 atom stereocenters. The highest BCUT2D eigenvalue weighted by Gasteiger charge is 2.30. The molecular weight excluding hydrogens is 252 g/mol. The molecule has 0 aliphatic carbocycles. The highest BCUT2D eigenvalue weighted by atomic mass is 32.2. The molecule has 0 saturated carbocycles. The van der Waals surface area contributed by atoms with Gasteiger partial charge in [0.25, 0.3) is 0 Å². The van der Waals surface area contributed by atoms with Crippen molar-refractivity contribution < 1.29 is 13.2 Å². The maximum Gasteiger partial charge on any atom is 0.217 e. The van der Waals surface area contributed by atoms with Crippen molar-refractivity contribution in [3.05, 3.63) is 23.9 Å². The molecule has 0 aliphatic rings. The van der Waals surface area contributed by atoms with Crippen molar-refractivity contribution in [2.75, 3.05) is 7.11 Å². The van der Waals surface area contributed by atoms with E-state index in [0.717, 1.165) is 5.56 Å². The monoisotopic (exact) mass is 272 g/mol. The Morgan fingerprint density at radius 2 is 1.94 bits per heavy atom. The van der Waals surface area contributed by atoms with E-state index in [0.29, 0.717) is 5.88 Å². The van der Waals surface area contributed by atoms with Crippen LogP contribution in [0, 0.1) is 0 Å². The van der Waals surface area contributed by atoms with Gasteiger partial charge in [-0.25, -0.2) is 18.1 Å². The summed E-state index contributed by atoms with van der Waals surface area (Å²) in [5.74, 6) is 0.504. The molecular formula is C12H20N2O3S. The summed E-state index contributed by atoms with van der Waals surface area (Å²) >= 11 is 0. The van der Waals surface area contributed by atoms with Crippen molar-refractivity contribution in [2.24, 2.45) is 0 Å². The molecule has 0 aliphatic heterocycles. The predicted molar refractivity (Wildman–Crippen MR) is 71.0 cm³/mol. The molecule has 6 heteroatoms. The number of sulfonamides is 1. The number of methoxy groups -OCH3 is 1. The van der Waals surface area contributed by atoms with E-state index in [1.165, 1.54) is 7.11 Å². The van der Waals surface area contributed by atoms with Gasteiger partial charge in [0.15, 0.2) is 0 Å². The zero-order valence-electron chi connectivity index (χ0n) is 11.4. The summed E-state index contributed by atoms with van der Waals surface area (Å²) in [5.41, 5.74) is 0.795. The molecule has 102 valence electrons. The third kappa shape index (κ3) is 3.43. The van der Waals surface area contributed by atoms with Gasteiger partial charge in [-0.2, -0.15) is 0 Å². The number of ether oxygens (including phenoxy) is 1. The average Bonchev–Trinajstić information content (AvgIpc) is 2.27. The largest absolute Gasteiger partial charge is 0.481 e. The molecule has 0 aromatic carbocycles. The molecule has 0 fully saturated rings. The minimum absolute atomic E-state index is 0.326. The van der Waals surface area contributed by atoms with Gasteiger partial charge in [-0.15, -0.1) is 0 Å². The van der Waals surface area contributed by atoms with Crippen molar-refractivity contribution in [3.8, 4) is 5.88 Å². The summed E-state index contributed by atoms with van der Waals surface area (Å²) in [6.07, 6.45) is 1.61. The first kappa shape index (κ1) is 14.9. The van der Waals surface area contributed by atoms with E-state index in [-0.39, 0.29) is 6.04 Å². The van der Waals surface area contributed by atoms with Crippen LogP contribution in [0.3, 0.4) is 0 Å². The summed E-state index contributed by atoms with van der Waals surface area (Å²) in [6.45, 7) is 6.77. The third-order valence-corrected chi connectivity index (χ3v) is 4.88. The molecule has 1 aromatic rings. The molecule has 1 aromatic heterocycles. The fourth-order valence-electron chi connectivity index (χ4n) is 1.25. The lowest BCUT2D eigenvalue weighted by molar-refractivity contribution is 0.397. The summed E-state index contributed by atoms with van der Waals surface area (Å²) in [4.78, 5) is 4.05. The van der Waals surface area contributed by atoms with Crippen molar-refractivity contribution in [2.45, 2.75) is 38.5 Å². The van der Waals surface area contributed by atoms with Crippen molar-refractivity contribution in [1.82, 2.24) is 9.71 Å². The smallest absolute Gasteiger partial charge is 0.217 e. The Hall–Kier alpha value is -1.14. The second-order valence-electron chi connectivity index (χ2n) is 5.09. The lowest BCUT2D eigenvalue weighted by atomic mass is 10.2. The van der Waals surface area contributed by atoms with Gasteiger partial charge in [-0.3, -0.25) is 0 Å². The zero-order valence-corrected chi connectivity index (χ0v) is 12.2. The van der Waals surface area contributed by atoms with E-state index in [4.69, 9.17) is 4.74 Å². The zero-order chi connectivity index (χ0) is 14.0. The van der Waals surface area contributed by atoms with Crippen molar-refractivity contribution in [1.29, 1.82) is 0 Å². The summed E-state index contributed by atoms with van der Waals surface area (Å²) in [7, 11) is -1.83. The quantitative estimate of drug-likeness (QED) is 0.908. The van der Waals surface area contributed by atoms with E-state index in [9.17, 15) is 8.42 Å². The van der Waals surface area contributed by atoms with Gasteiger partial charge in [0, 0.05) is 18.3 Å². The van der Waals surface area contributed by atoms with Crippen LogP contribution >= 0.6 is 0 Å². The molecule has 0 spiro atoms. The molecule has 1 N–H and O–H groups in total. The summed E-state index contributed by atoms with van der Waals surface area (Å²) in [6, 6.07) is 3.17. The second kappa shape index (κ2) is 5.24. The number of pyridine rings is 1. The first-order chi connectivity index (χ1) is 8.17. The maximum atomic E-state index is 12.0. The van der Waals surface area contributed by atoms with Gasteiger partial charge in [0.1, 0.15) is 0 Å². The second-order valence-corrected chi connectivity index (χ2v) is 7.56. The summed E-state index contributed by atoms with van der Waals surface area (Å²) in [5, 5.41) is 0. The molecule has 18 heavy (non-hydrogen) atoms. The lowest BCUT2D eigenvalue weighted by Crippen LogP contribution is -2.40. The van der Waals surface area contributed by atoms with Crippen LogP contribution in [0.5, 0.6) is 5.88 Å². The van der Waals surface area contributed by atoms with Crippen LogP contribution in [-0.4, -0.2) is 25.3 Å². The Morgan fingerprint density at radius 3 is 2.33 bits per heavy atom. The minimum Gasteiger partial charge on any atom is -0.481 e. The predicted octanol–water partition coefficient (Wildman–Crippen LogP) is 1.87. The van der Waals surface area contributed by atoms with Crippen LogP contribution in [0.15, 0.2) is 18.3 Å². The number of hydrogen-bond acceptors (Lipinski definition) is 4. The van der Waals surface area contributed by atoms with Crippen LogP contribution < -0.4 is 9.46 Å². The van der Waals surface area contributed by atoms with Gasteiger partial charge in [0.2, 0.25) is 15.9 Å². The van der Waals surface area contributed by atoms with Crippen LogP contribution in [-0.2, 0) is 10.0 Å². The van der Waals surface area contributed by atoms with Gasteiger partial charge < -0.3 is 4.74 Å². The van der Waals surface area contributed by atoms with E-state index >= 15 is 0 Å². The molecule has 0 bridgehead atoms. The maximum absolute atomic E-state index is 12.0. The first-order valence-electron chi connectivity index (χ1n) is 5.69. The molecule has 0 radical (unpaired) electrons. The van der Waals surface area contributed by atoms with Crippen LogP contribution in [0.25, 0.3) is 0 Å². The number of nitrogens with zero attached hydrogens (tertiary/aromatic N) is 1. The Kier molecular flexibility index (Phi) is 4.34. The SMILES string of the molecule is COc1ccc(C(C)NS(=O)(=O)C(C)(C)C)cn1.